The number of hydrogen-bond donors (Lipinski definition) is 0. The molecule has 28 heavy (non-hydrogen) atoms. The quantitative estimate of drug-likeness (QED) is 0.715. The Morgan fingerprint density at radius 1 is 1.36 bits per heavy atom. The molecule has 1 aromatic rings. The Bertz CT molecular complexity index is 690. The number of carbonyl (C=O) groups excluding carboxylic acids is 2. The van der Waals surface area contributed by atoms with Gasteiger partial charge in [0.25, 0.3) is 0 Å². The van der Waals surface area contributed by atoms with E-state index in [4.69, 9.17) is 0 Å². The Morgan fingerprint density at radius 3 is 2.54 bits per heavy atom. The molecule has 0 aliphatic carbocycles. The van der Waals surface area contributed by atoms with E-state index < -0.39 is 0 Å². The molecule has 1 aromatic heterocycles. The van der Waals surface area contributed by atoms with Crippen molar-refractivity contribution in [3.05, 3.63) is 30.1 Å². The van der Waals surface area contributed by atoms with Crippen LogP contribution in [0.3, 0.4) is 0 Å². The van der Waals surface area contributed by atoms with Crippen LogP contribution < -0.4 is 0 Å². The van der Waals surface area contributed by atoms with Gasteiger partial charge in [0.1, 0.15) is 0 Å². The van der Waals surface area contributed by atoms with Crippen molar-refractivity contribution in [3.8, 4) is 6.07 Å². The van der Waals surface area contributed by atoms with Crippen LogP contribution in [0.4, 0.5) is 4.79 Å². The van der Waals surface area contributed by atoms with Crippen molar-refractivity contribution in [1.29, 1.82) is 5.26 Å². The zero-order valence-electron chi connectivity index (χ0n) is 17.5. The molecule has 0 N–H and O–H groups in total. The number of ketones is 1. The molecule has 0 spiro atoms. The molecule has 1 unspecified atom stereocenters. The van der Waals surface area contributed by atoms with Gasteiger partial charge in [0.2, 0.25) is 0 Å². The maximum absolute atomic E-state index is 13.0. The molecule has 1 fully saturated rings. The van der Waals surface area contributed by atoms with Crippen molar-refractivity contribution in [2.75, 3.05) is 20.1 Å². The van der Waals surface area contributed by atoms with Crippen LogP contribution in [0.15, 0.2) is 24.5 Å². The van der Waals surface area contributed by atoms with Gasteiger partial charge in [-0.2, -0.15) is 5.26 Å². The summed E-state index contributed by atoms with van der Waals surface area (Å²) in [5, 5.41) is 9.64. The average molecular weight is 385 g/mol. The van der Waals surface area contributed by atoms with Crippen LogP contribution in [-0.2, 0) is 4.79 Å². The van der Waals surface area contributed by atoms with Crippen molar-refractivity contribution in [2.24, 2.45) is 11.8 Å². The van der Waals surface area contributed by atoms with Gasteiger partial charge in [-0.05, 0) is 42.7 Å². The van der Waals surface area contributed by atoms with E-state index in [9.17, 15) is 14.9 Å². The molecular formula is C22H32N4O2. The van der Waals surface area contributed by atoms with E-state index in [-0.39, 0.29) is 29.7 Å². The Labute approximate surface area is 168 Å². The predicted molar refractivity (Wildman–Crippen MR) is 109 cm³/mol. The Balaban J connectivity index is 2.00. The average Bonchev–Trinajstić information content (AvgIpc) is 2.72. The molecule has 0 saturated carbocycles. The molecule has 2 atom stereocenters. The van der Waals surface area contributed by atoms with Gasteiger partial charge in [0.15, 0.2) is 5.78 Å². The van der Waals surface area contributed by atoms with Crippen molar-refractivity contribution < 1.29 is 9.59 Å². The lowest BCUT2D eigenvalue weighted by atomic mass is 9.81. The molecule has 0 radical (unpaired) electrons. The van der Waals surface area contributed by atoms with Gasteiger partial charge < -0.3 is 9.80 Å². The summed E-state index contributed by atoms with van der Waals surface area (Å²) in [5.41, 5.74) is 0.942. The molecular weight excluding hydrogens is 352 g/mol. The third-order valence-electron chi connectivity index (χ3n) is 5.65. The molecule has 6 nitrogen and oxygen atoms in total. The highest BCUT2D eigenvalue weighted by molar-refractivity contribution is 5.88. The Kier molecular flexibility index (Phi) is 7.98. The van der Waals surface area contributed by atoms with E-state index in [1.807, 2.05) is 24.0 Å². The second-order valence-corrected chi connectivity index (χ2v) is 8.08. The first kappa shape index (κ1) is 21.9. The third kappa shape index (κ3) is 5.31. The van der Waals surface area contributed by atoms with E-state index in [2.05, 4.69) is 24.9 Å². The summed E-state index contributed by atoms with van der Waals surface area (Å²) in [5.74, 6) is 0.476. The maximum atomic E-state index is 13.0. The number of aromatic nitrogens is 1. The van der Waals surface area contributed by atoms with Gasteiger partial charge in [-0.3, -0.25) is 9.78 Å². The van der Waals surface area contributed by atoms with E-state index in [1.165, 1.54) is 0 Å². The first-order valence-electron chi connectivity index (χ1n) is 10.2. The smallest absolute Gasteiger partial charge is 0.320 e. The summed E-state index contributed by atoms with van der Waals surface area (Å²) in [4.78, 5) is 32.9. The summed E-state index contributed by atoms with van der Waals surface area (Å²) in [7, 11) is 1.74. The van der Waals surface area contributed by atoms with Gasteiger partial charge in [-0.15, -0.1) is 0 Å². The lowest BCUT2D eigenvalue weighted by Crippen LogP contribution is -2.51. The highest BCUT2D eigenvalue weighted by Gasteiger charge is 2.33. The van der Waals surface area contributed by atoms with Crippen molar-refractivity contribution in [3.63, 3.8) is 0 Å². The number of amides is 2. The number of likely N-dealkylation sites (tertiary alicyclic amines) is 1. The van der Waals surface area contributed by atoms with Crippen LogP contribution in [0.5, 0.6) is 0 Å². The van der Waals surface area contributed by atoms with Gasteiger partial charge in [-0.25, -0.2) is 4.79 Å². The molecule has 1 aliphatic heterocycles. The molecule has 0 bridgehead atoms. The second-order valence-electron chi connectivity index (χ2n) is 8.08. The van der Waals surface area contributed by atoms with E-state index >= 15 is 0 Å². The minimum absolute atomic E-state index is 0.0826. The van der Waals surface area contributed by atoms with E-state index in [0.29, 0.717) is 31.8 Å². The number of nitrogens with zero attached hydrogens (tertiary/aromatic N) is 4. The number of likely N-dealkylation sites (N-methyl/N-ethyl adjacent to an activating group) is 1. The second kappa shape index (κ2) is 10.2. The number of rotatable bonds is 7. The lowest BCUT2D eigenvalue weighted by Gasteiger charge is -2.38. The van der Waals surface area contributed by atoms with Gasteiger partial charge >= 0.3 is 6.03 Å². The normalized spacial score (nSPS) is 17.1. The fourth-order valence-electron chi connectivity index (χ4n) is 3.98. The molecule has 1 saturated heterocycles. The SMILES string of the molecule is CCC(=O)[C@H](CC(C)C)N(C)C(=O)N1CCC(C(C#N)c2cccnc2)CC1. The number of nitriles is 1. The standard InChI is InChI=1S/C22H32N4O2/c1-5-21(27)20(13-16(2)3)25(4)22(28)26-11-8-17(9-12-26)19(14-23)18-7-6-10-24-15-18/h6-7,10,15-17,19-20H,5,8-9,11-13H2,1-4H3/t19?,20-/m0/s1. The highest BCUT2D eigenvalue weighted by atomic mass is 16.2. The van der Waals surface area contributed by atoms with Crippen LogP contribution in [0.2, 0.25) is 0 Å². The number of urea groups is 1. The number of carbonyl (C=O) groups is 2. The predicted octanol–water partition coefficient (Wildman–Crippen LogP) is 3.85. The van der Waals surface area contributed by atoms with Gasteiger partial charge in [0.05, 0.1) is 18.0 Å². The molecule has 2 rings (SSSR count). The summed E-state index contributed by atoms with van der Waals surface area (Å²) in [6.45, 7) is 7.21. The fraction of sp³-hybridized carbons (Fsp3) is 0.636. The maximum Gasteiger partial charge on any atom is 0.320 e. The minimum atomic E-state index is -0.363. The zero-order chi connectivity index (χ0) is 20.7. The number of pyridine rings is 1. The monoisotopic (exact) mass is 384 g/mol. The number of hydrogen-bond acceptors (Lipinski definition) is 4. The molecule has 1 aliphatic rings. The first-order valence-corrected chi connectivity index (χ1v) is 10.2. The Morgan fingerprint density at radius 2 is 2.04 bits per heavy atom. The summed E-state index contributed by atoms with van der Waals surface area (Å²) in [6, 6.07) is 5.77. The van der Waals surface area contributed by atoms with Crippen molar-refractivity contribution >= 4 is 11.8 Å². The summed E-state index contributed by atoms with van der Waals surface area (Å²) in [6.07, 6.45) is 6.15. The summed E-state index contributed by atoms with van der Waals surface area (Å²) < 4.78 is 0. The topological polar surface area (TPSA) is 77.3 Å². The van der Waals surface area contributed by atoms with Crippen LogP contribution in [0.25, 0.3) is 0 Å². The fourth-order valence-corrected chi connectivity index (χ4v) is 3.98. The molecule has 6 heteroatoms. The van der Waals surface area contributed by atoms with Crippen molar-refractivity contribution in [2.45, 2.75) is 58.4 Å². The molecule has 0 aromatic carbocycles. The van der Waals surface area contributed by atoms with Crippen LogP contribution in [0, 0.1) is 23.2 Å². The largest absolute Gasteiger partial charge is 0.325 e. The number of Topliss-reactive ketones (excluding diaryl/α,β-unsaturated/α-hetero) is 1. The van der Waals surface area contributed by atoms with Crippen LogP contribution >= 0.6 is 0 Å². The first-order chi connectivity index (χ1) is 13.4. The summed E-state index contributed by atoms with van der Waals surface area (Å²) >= 11 is 0. The molecule has 152 valence electrons. The van der Waals surface area contributed by atoms with Gasteiger partial charge in [-0.1, -0.05) is 26.8 Å². The van der Waals surface area contributed by atoms with Crippen LogP contribution in [-0.4, -0.2) is 52.8 Å². The lowest BCUT2D eigenvalue weighted by molar-refractivity contribution is -0.123. The third-order valence-corrected chi connectivity index (χ3v) is 5.65. The minimum Gasteiger partial charge on any atom is -0.325 e. The molecule has 2 amide bonds. The van der Waals surface area contributed by atoms with E-state index in [0.717, 1.165) is 18.4 Å². The Hall–Kier alpha value is -2.42. The number of piperidine rings is 1. The van der Waals surface area contributed by atoms with E-state index in [1.54, 1.807) is 24.3 Å². The van der Waals surface area contributed by atoms with Crippen LogP contribution in [0.1, 0.15) is 57.9 Å². The van der Waals surface area contributed by atoms with Crippen molar-refractivity contribution in [1.82, 2.24) is 14.8 Å². The highest BCUT2D eigenvalue weighted by Crippen LogP contribution is 2.32. The zero-order valence-corrected chi connectivity index (χ0v) is 17.5. The molecule has 2 heterocycles. The van der Waals surface area contributed by atoms with Gasteiger partial charge in [0, 0.05) is 39.0 Å².